The Balaban J connectivity index is 2.62. The Morgan fingerprint density at radius 2 is 2.29 bits per heavy atom. The Morgan fingerprint density at radius 3 is 2.82 bits per heavy atom. The minimum atomic E-state index is -1.04. The van der Waals surface area contributed by atoms with E-state index in [1.165, 1.54) is 6.20 Å². The molecule has 0 aromatic carbocycles. The highest BCUT2D eigenvalue weighted by atomic mass is 16.4. The van der Waals surface area contributed by atoms with E-state index in [1.807, 2.05) is 6.92 Å². The molecular weight excluding hydrogens is 222 g/mol. The molecule has 0 spiro atoms. The summed E-state index contributed by atoms with van der Waals surface area (Å²) in [4.78, 5) is 18.6. The Hall–Kier alpha value is -1.69. The minimum Gasteiger partial charge on any atom is -0.478 e. The summed E-state index contributed by atoms with van der Waals surface area (Å²) in [5, 5.41) is 21.2. The van der Waals surface area contributed by atoms with Gasteiger partial charge in [-0.1, -0.05) is 13.3 Å². The van der Waals surface area contributed by atoms with E-state index in [2.05, 4.69) is 15.3 Å². The minimum absolute atomic E-state index is 0.0876. The van der Waals surface area contributed by atoms with E-state index in [9.17, 15) is 9.90 Å². The predicted octanol–water partition coefficient (Wildman–Crippen LogP) is 1.06. The summed E-state index contributed by atoms with van der Waals surface area (Å²) in [5.74, 6) is -0.706. The van der Waals surface area contributed by atoms with Crippen molar-refractivity contribution in [2.75, 3.05) is 11.9 Å². The van der Waals surface area contributed by atoms with Crippen molar-refractivity contribution in [3.63, 3.8) is 0 Å². The van der Waals surface area contributed by atoms with Crippen molar-refractivity contribution in [2.24, 2.45) is 0 Å². The van der Waals surface area contributed by atoms with E-state index in [0.29, 0.717) is 24.6 Å². The zero-order chi connectivity index (χ0) is 12.8. The van der Waals surface area contributed by atoms with Gasteiger partial charge in [0.1, 0.15) is 0 Å². The molecule has 0 aliphatic heterocycles. The number of aliphatic hydroxyl groups is 1. The van der Waals surface area contributed by atoms with E-state index in [1.54, 1.807) is 6.92 Å². The van der Waals surface area contributed by atoms with E-state index in [-0.39, 0.29) is 5.56 Å². The van der Waals surface area contributed by atoms with Crippen molar-refractivity contribution in [3.8, 4) is 0 Å². The summed E-state index contributed by atoms with van der Waals surface area (Å²) in [6, 6.07) is 0. The van der Waals surface area contributed by atoms with Crippen molar-refractivity contribution in [2.45, 2.75) is 32.8 Å². The predicted molar refractivity (Wildman–Crippen MR) is 63.1 cm³/mol. The van der Waals surface area contributed by atoms with Crippen molar-refractivity contribution in [1.29, 1.82) is 0 Å². The number of carbonyl (C=O) groups is 1. The van der Waals surface area contributed by atoms with Crippen LogP contribution in [0.5, 0.6) is 0 Å². The molecule has 1 unspecified atom stereocenters. The van der Waals surface area contributed by atoms with Crippen LogP contribution >= 0.6 is 0 Å². The average Bonchev–Trinajstić information content (AvgIpc) is 2.26. The molecular formula is C11H17N3O3. The number of rotatable bonds is 6. The van der Waals surface area contributed by atoms with Gasteiger partial charge in [0.05, 0.1) is 17.4 Å². The number of aromatic nitrogens is 2. The smallest absolute Gasteiger partial charge is 0.339 e. The number of nitrogens with one attached hydrogen (secondary N) is 1. The fourth-order valence-electron chi connectivity index (χ4n) is 1.41. The molecule has 17 heavy (non-hydrogen) atoms. The fourth-order valence-corrected chi connectivity index (χ4v) is 1.41. The number of carboxylic acids is 1. The van der Waals surface area contributed by atoms with Gasteiger partial charge in [0.25, 0.3) is 0 Å². The second-order valence-corrected chi connectivity index (χ2v) is 3.82. The molecule has 0 bridgehead atoms. The number of aromatic carboxylic acids is 1. The van der Waals surface area contributed by atoms with Gasteiger partial charge in [-0.3, -0.25) is 0 Å². The van der Waals surface area contributed by atoms with E-state index in [0.717, 1.165) is 6.42 Å². The first-order chi connectivity index (χ1) is 8.04. The Bertz CT molecular complexity index is 396. The lowest BCUT2D eigenvalue weighted by molar-refractivity contribution is 0.0695. The number of nitrogens with zero attached hydrogens (tertiary/aromatic N) is 2. The van der Waals surface area contributed by atoms with Crippen LogP contribution < -0.4 is 5.32 Å². The van der Waals surface area contributed by atoms with Crippen molar-refractivity contribution in [3.05, 3.63) is 17.5 Å². The number of carboxylic acid groups (broad SMARTS) is 1. The van der Waals surface area contributed by atoms with Gasteiger partial charge in [-0.15, -0.1) is 0 Å². The molecule has 0 amide bonds. The highest BCUT2D eigenvalue weighted by molar-refractivity contribution is 5.88. The lowest BCUT2D eigenvalue weighted by atomic mass is 10.2. The van der Waals surface area contributed by atoms with Gasteiger partial charge in [-0.2, -0.15) is 0 Å². The third-order valence-electron chi connectivity index (χ3n) is 2.33. The molecule has 0 radical (unpaired) electrons. The monoisotopic (exact) mass is 239 g/mol. The molecule has 0 aliphatic carbocycles. The SMILES string of the molecule is CCCC(O)CNc1ncc(C(=O)O)c(C)n1. The third-order valence-corrected chi connectivity index (χ3v) is 2.33. The van der Waals surface area contributed by atoms with Gasteiger partial charge < -0.3 is 15.5 Å². The van der Waals surface area contributed by atoms with Crippen LogP contribution in [-0.4, -0.2) is 38.8 Å². The zero-order valence-corrected chi connectivity index (χ0v) is 9.97. The van der Waals surface area contributed by atoms with Gasteiger partial charge in [-0.25, -0.2) is 14.8 Å². The molecule has 1 aromatic rings. The summed E-state index contributed by atoms with van der Waals surface area (Å²) >= 11 is 0. The highest BCUT2D eigenvalue weighted by Crippen LogP contribution is 2.07. The Morgan fingerprint density at radius 1 is 1.59 bits per heavy atom. The lowest BCUT2D eigenvalue weighted by Gasteiger charge is -2.11. The number of hydrogen-bond acceptors (Lipinski definition) is 5. The molecule has 0 aliphatic rings. The first-order valence-corrected chi connectivity index (χ1v) is 5.53. The quantitative estimate of drug-likeness (QED) is 0.687. The first-order valence-electron chi connectivity index (χ1n) is 5.53. The average molecular weight is 239 g/mol. The van der Waals surface area contributed by atoms with Gasteiger partial charge in [0.15, 0.2) is 0 Å². The molecule has 94 valence electrons. The maximum atomic E-state index is 10.7. The van der Waals surface area contributed by atoms with Gasteiger partial charge >= 0.3 is 5.97 Å². The van der Waals surface area contributed by atoms with Crippen LogP contribution in [0.1, 0.15) is 35.8 Å². The highest BCUT2D eigenvalue weighted by Gasteiger charge is 2.10. The van der Waals surface area contributed by atoms with Crippen LogP contribution in [-0.2, 0) is 0 Å². The maximum Gasteiger partial charge on any atom is 0.339 e. The topological polar surface area (TPSA) is 95.3 Å². The first kappa shape index (κ1) is 13.4. The Kier molecular flexibility index (Phi) is 4.84. The third kappa shape index (κ3) is 3.99. The van der Waals surface area contributed by atoms with E-state index < -0.39 is 12.1 Å². The van der Waals surface area contributed by atoms with Crippen LogP contribution in [0.25, 0.3) is 0 Å². The summed E-state index contributed by atoms with van der Waals surface area (Å²) < 4.78 is 0. The van der Waals surface area contributed by atoms with Crippen molar-refractivity contribution < 1.29 is 15.0 Å². The van der Waals surface area contributed by atoms with Crippen LogP contribution in [0.3, 0.4) is 0 Å². The van der Waals surface area contributed by atoms with E-state index >= 15 is 0 Å². The van der Waals surface area contributed by atoms with E-state index in [4.69, 9.17) is 5.11 Å². The maximum absolute atomic E-state index is 10.7. The molecule has 0 fully saturated rings. The van der Waals surface area contributed by atoms with Crippen LogP contribution in [0.15, 0.2) is 6.20 Å². The number of aliphatic hydroxyl groups excluding tert-OH is 1. The van der Waals surface area contributed by atoms with Gasteiger partial charge in [0, 0.05) is 12.7 Å². The molecule has 1 heterocycles. The van der Waals surface area contributed by atoms with Crippen LogP contribution in [0, 0.1) is 6.92 Å². The lowest BCUT2D eigenvalue weighted by Crippen LogP contribution is -2.20. The van der Waals surface area contributed by atoms with Crippen molar-refractivity contribution >= 4 is 11.9 Å². The second-order valence-electron chi connectivity index (χ2n) is 3.82. The second kappa shape index (κ2) is 6.15. The largest absolute Gasteiger partial charge is 0.478 e. The summed E-state index contributed by atoms with van der Waals surface area (Å²) in [6.45, 7) is 3.96. The summed E-state index contributed by atoms with van der Waals surface area (Å²) in [5.41, 5.74) is 0.490. The molecule has 0 saturated heterocycles. The summed E-state index contributed by atoms with van der Waals surface area (Å²) in [6.07, 6.45) is 2.43. The zero-order valence-electron chi connectivity index (χ0n) is 9.97. The van der Waals surface area contributed by atoms with Gasteiger partial charge in [0.2, 0.25) is 5.95 Å². The standard InChI is InChI=1S/C11H17N3O3/c1-3-4-8(15)5-12-11-13-6-9(10(16)17)7(2)14-11/h6,8,15H,3-5H2,1-2H3,(H,16,17)(H,12,13,14). The normalized spacial score (nSPS) is 12.2. The molecule has 6 nitrogen and oxygen atoms in total. The fraction of sp³-hybridized carbons (Fsp3) is 0.545. The van der Waals surface area contributed by atoms with Crippen LogP contribution in [0.2, 0.25) is 0 Å². The molecule has 0 saturated carbocycles. The van der Waals surface area contributed by atoms with Crippen molar-refractivity contribution in [1.82, 2.24) is 9.97 Å². The van der Waals surface area contributed by atoms with Gasteiger partial charge in [-0.05, 0) is 13.3 Å². The number of hydrogen-bond donors (Lipinski definition) is 3. The summed E-state index contributed by atoms with van der Waals surface area (Å²) in [7, 11) is 0. The molecule has 3 N–H and O–H groups in total. The van der Waals surface area contributed by atoms with Crippen LogP contribution in [0.4, 0.5) is 5.95 Å². The molecule has 6 heteroatoms. The molecule has 1 rings (SSSR count). The molecule has 1 atom stereocenters. The number of anilines is 1. The number of aryl methyl sites for hydroxylation is 1. The Labute approximate surface area is 99.7 Å². The molecule has 1 aromatic heterocycles.